The van der Waals surface area contributed by atoms with Crippen molar-refractivity contribution in [1.29, 1.82) is 0 Å². The Morgan fingerprint density at radius 2 is 2.08 bits per heavy atom. The molecule has 1 fully saturated rings. The topological polar surface area (TPSA) is 40.5 Å². The van der Waals surface area contributed by atoms with Crippen LogP contribution in [-0.4, -0.2) is 35.6 Å². The molecule has 0 aliphatic carbocycles. The van der Waals surface area contributed by atoms with E-state index in [2.05, 4.69) is 0 Å². The number of carbonyl (C=O) groups excluding carboxylic acids is 1. The minimum Gasteiger partial charge on any atom is -0.396 e. The molecule has 1 rings (SSSR count). The SMILES string of the molecule is [CH]C(=O)N1CCC(CCO)CC1. The highest BCUT2D eigenvalue weighted by Crippen LogP contribution is 2.19. The van der Waals surface area contributed by atoms with Gasteiger partial charge in [-0.1, -0.05) is 0 Å². The first-order valence-corrected chi connectivity index (χ1v) is 4.39. The molecule has 1 amide bonds. The van der Waals surface area contributed by atoms with Crippen LogP contribution in [0, 0.1) is 12.8 Å². The summed E-state index contributed by atoms with van der Waals surface area (Å²) in [5.41, 5.74) is 0. The molecule has 0 bridgehead atoms. The van der Waals surface area contributed by atoms with Crippen LogP contribution in [0.25, 0.3) is 0 Å². The number of hydrogen-bond donors (Lipinski definition) is 1. The predicted molar refractivity (Wildman–Crippen MR) is 45.3 cm³/mol. The van der Waals surface area contributed by atoms with Crippen LogP contribution < -0.4 is 0 Å². The molecule has 1 heterocycles. The number of aliphatic hydroxyl groups is 1. The van der Waals surface area contributed by atoms with Crippen molar-refractivity contribution in [2.45, 2.75) is 19.3 Å². The van der Waals surface area contributed by atoms with Gasteiger partial charge in [-0.3, -0.25) is 4.79 Å². The molecular weight excluding hydrogens is 154 g/mol. The molecule has 12 heavy (non-hydrogen) atoms. The number of hydrogen-bond acceptors (Lipinski definition) is 2. The molecule has 0 aromatic heterocycles. The zero-order valence-corrected chi connectivity index (χ0v) is 7.20. The smallest absolute Gasteiger partial charge is 0.227 e. The predicted octanol–water partition coefficient (Wildman–Crippen LogP) is 0.318. The van der Waals surface area contributed by atoms with Crippen LogP contribution in [-0.2, 0) is 4.79 Å². The van der Waals surface area contributed by atoms with Gasteiger partial charge in [-0.25, -0.2) is 0 Å². The number of rotatable bonds is 2. The van der Waals surface area contributed by atoms with E-state index in [-0.39, 0.29) is 12.5 Å². The van der Waals surface area contributed by atoms with E-state index in [1.54, 1.807) is 4.90 Å². The highest BCUT2D eigenvalue weighted by atomic mass is 16.3. The Kier molecular flexibility index (Phi) is 3.53. The van der Waals surface area contributed by atoms with Crippen LogP contribution in [0.1, 0.15) is 19.3 Å². The van der Waals surface area contributed by atoms with Crippen LogP contribution in [0.3, 0.4) is 0 Å². The molecular formula is C9H15NO2. The third-order valence-electron chi connectivity index (χ3n) is 2.46. The first-order chi connectivity index (χ1) is 5.74. The molecule has 0 saturated carbocycles. The van der Waals surface area contributed by atoms with Crippen LogP contribution in [0.15, 0.2) is 0 Å². The van der Waals surface area contributed by atoms with E-state index in [9.17, 15) is 4.79 Å². The van der Waals surface area contributed by atoms with Crippen LogP contribution in [0.2, 0.25) is 0 Å². The van der Waals surface area contributed by atoms with E-state index in [1.165, 1.54) is 0 Å². The second kappa shape index (κ2) is 4.45. The fourth-order valence-corrected chi connectivity index (χ4v) is 1.62. The van der Waals surface area contributed by atoms with Gasteiger partial charge >= 0.3 is 0 Å². The molecule has 0 unspecified atom stereocenters. The van der Waals surface area contributed by atoms with Gasteiger partial charge < -0.3 is 10.0 Å². The van der Waals surface area contributed by atoms with Gasteiger partial charge in [0.2, 0.25) is 5.91 Å². The van der Waals surface area contributed by atoms with Crippen molar-refractivity contribution in [2.24, 2.45) is 5.92 Å². The van der Waals surface area contributed by atoms with Crippen molar-refractivity contribution in [1.82, 2.24) is 4.90 Å². The number of amides is 1. The fraction of sp³-hybridized carbons (Fsp3) is 0.778. The number of nitrogens with zero attached hydrogens (tertiary/aromatic N) is 1. The number of aliphatic hydroxyl groups excluding tert-OH is 1. The van der Waals surface area contributed by atoms with Gasteiger partial charge in [0.1, 0.15) is 0 Å². The standard InChI is InChI=1S/C9H15NO2/c1-8(12)10-5-2-9(3-6-10)4-7-11/h1,9,11H,2-7H2. The van der Waals surface area contributed by atoms with Crippen molar-refractivity contribution >= 4 is 5.91 Å². The average molecular weight is 169 g/mol. The summed E-state index contributed by atoms with van der Waals surface area (Å²) in [7, 11) is 0. The summed E-state index contributed by atoms with van der Waals surface area (Å²) in [5, 5.41) is 8.69. The molecule has 1 aliphatic heterocycles. The van der Waals surface area contributed by atoms with Crippen LogP contribution >= 0.6 is 0 Å². The molecule has 68 valence electrons. The molecule has 1 N–H and O–H groups in total. The highest BCUT2D eigenvalue weighted by Gasteiger charge is 2.19. The molecule has 0 aromatic carbocycles. The Balaban J connectivity index is 2.25. The molecule has 1 saturated heterocycles. The summed E-state index contributed by atoms with van der Waals surface area (Å²) in [5.74, 6) is 0.253. The molecule has 3 heteroatoms. The van der Waals surface area contributed by atoms with E-state index in [0.717, 1.165) is 32.4 Å². The van der Waals surface area contributed by atoms with Gasteiger partial charge in [-0.2, -0.15) is 0 Å². The maximum Gasteiger partial charge on any atom is 0.227 e. The van der Waals surface area contributed by atoms with Gasteiger partial charge in [-0.05, 0) is 25.2 Å². The summed E-state index contributed by atoms with van der Waals surface area (Å²) in [6.45, 7) is 6.88. The Morgan fingerprint density at radius 1 is 1.50 bits per heavy atom. The summed E-state index contributed by atoms with van der Waals surface area (Å²) in [6, 6.07) is 0. The lowest BCUT2D eigenvalue weighted by atomic mass is 9.94. The fourth-order valence-electron chi connectivity index (χ4n) is 1.62. The zero-order valence-electron chi connectivity index (χ0n) is 7.20. The molecule has 0 atom stereocenters. The molecule has 2 radical (unpaired) electrons. The maximum atomic E-state index is 10.7. The van der Waals surface area contributed by atoms with Crippen molar-refractivity contribution in [3.8, 4) is 0 Å². The summed E-state index contributed by atoms with van der Waals surface area (Å²) >= 11 is 0. The number of likely N-dealkylation sites (tertiary alicyclic amines) is 1. The van der Waals surface area contributed by atoms with Crippen LogP contribution in [0.5, 0.6) is 0 Å². The third-order valence-corrected chi connectivity index (χ3v) is 2.46. The van der Waals surface area contributed by atoms with E-state index in [4.69, 9.17) is 12.0 Å². The summed E-state index contributed by atoms with van der Waals surface area (Å²) in [6.07, 6.45) is 2.81. The van der Waals surface area contributed by atoms with Crippen molar-refractivity contribution < 1.29 is 9.90 Å². The Labute approximate surface area is 73.4 Å². The first-order valence-electron chi connectivity index (χ1n) is 4.39. The quantitative estimate of drug-likeness (QED) is 0.646. The van der Waals surface area contributed by atoms with Crippen molar-refractivity contribution in [3.63, 3.8) is 0 Å². The molecule has 3 nitrogen and oxygen atoms in total. The molecule has 1 aliphatic rings. The lowest BCUT2D eigenvalue weighted by Gasteiger charge is -2.30. The Hall–Kier alpha value is -0.570. The van der Waals surface area contributed by atoms with Gasteiger partial charge in [-0.15, -0.1) is 0 Å². The highest BCUT2D eigenvalue weighted by molar-refractivity contribution is 5.80. The van der Waals surface area contributed by atoms with E-state index < -0.39 is 0 Å². The summed E-state index contributed by atoms with van der Waals surface area (Å²) in [4.78, 5) is 12.4. The van der Waals surface area contributed by atoms with Gasteiger partial charge in [0, 0.05) is 19.7 Å². The number of piperidine rings is 1. The van der Waals surface area contributed by atoms with E-state index >= 15 is 0 Å². The average Bonchev–Trinajstić information content (AvgIpc) is 2.06. The van der Waals surface area contributed by atoms with Gasteiger partial charge in [0.15, 0.2) is 0 Å². The normalized spacial score (nSPS) is 19.7. The van der Waals surface area contributed by atoms with Crippen LogP contribution in [0.4, 0.5) is 0 Å². The molecule has 0 aromatic rings. The second-order valence-electron chi connectivity index (χ2n) is 3.28. The zero-order chi connectivity index (χ0) is 8.97. The minimum absolute atomic E-state index is 0.251. The van der Waals surface area contributed by atoms with Crippen molar-refractivity contribution in [3.05, 3.63) is 6.92 Å². The third kappa shape index (κ3) is 2.48. The van der Waals surface area contributed by atoms with E-state index in [0.29, 0.717) is 5.92 Å². The Morgan fingerprint density at radius 3 is 2.50 bits per heavy atom. The largest absolute Gasteiger partial charge is 0.396 e. The van der Waals surface area contributed by atoms with Crippen molar-refractivity contribution in [2.75, 3.05) is 19.7 Å². The first kappa shape index (κ1) is 9.52. The Bertz CT molecular complexity index is 151. The summed E-state index contributed by atoms with van der Waals surface area (Å²) < 4.78 is 0. The van der Waals surface area contributed by atoms with Gasteiger partial charge in [0.05, 0.1) is 6.92 Å². The monoisotopic (exact) mass is 169 g/mol. The molecule has 0 spiro atoms. The maximum absolute atomic E-state index is 10.7. The lowest BCUT2D eigenvalue weighted by molar-refractivity contribution is -0.127. The number of carbonyl (C=O) groups is 1. The van der Waals surface area contributed by atoms with E-state index in [1.807, 2.05) is 0 Å². The van der Waals surface area contributed by atoms with Gasteiger partial charge in [0.25, 0.3) is 0 Å². The lowest BCUT2D eigenvalue weighted by Crippen LogP contribution is -2.37. The second-order valence-corrected chi connectivity index (χ2v) is 3.28. The minimum atomic E-state index is -0.322.